The van der Waals surface area contributed by atoms with E-state index in [1.54, 1.807) is 45.2 Å². The summed E-state index contributed by atoms with van der Waals surface area (Å²) in [5.74, 6) is 0.149. The first-order valence-electron chi connectivity index (χ1n) is 11.5. The summed E-state index contributed by atoms with van der Waals surface area (Å²) < 4.78 is 23.1. The van der Waals surface area contributed by atoms with Crippen molar-refractivity contribution in [2.45, 2.75) is 26.8 Å². The van der Waals surface area contributed by atoms with Crippen molar-refractivity contribution < 1.29 is 28.5 Å². The molecule has 37 heavy (non-hydrogen) atoms. The number of ether oxygens (including phenoxy) is 4. The minimum absolute atomic E-state index is 0.166. The van der Waals surface area contributed by atoms with E-state index in [1.165, 1.54) is 29.9 Å². The van der Waals surface area contributed by atoms with Crippen LogP contribution in [0.1, 0.15) is 37.9 Å². The number of methoxy groups -OCH3 is 2. The zero-order valence-electron chi connectivity index (χ0n) is 21.1. The zero-order chi connectivity index (χ0) is 26.7. The molecule has 0 saturated heterocycles. The Morgan fingerprint density at radius 2 is 1.81 bits per heavy atom. The fraction of sp³-hybridized carbons (Fsp3) is 0.259. The molecular weight excluding hydrogens is 496 g/mol. The molecule has 0 N–H and O–H groups in total. The van der Waals surface area contributed by atoms with Gasteiger partial charge in [-0.15, -0.1) is 0 Å². The number of aromatic nitrogens is 1. The monoisotopic (exact) mass is 522 g/mol. The van der Waals surface area contributed by atoms with E-state index in [4.69, 9.17) is 18.9 Å². The van der Waals surface area contributed by atoms with Gasteiger partial charge in [0, 0.05) is 6.92 Å². The van der Waals surface area contributed by atoms with Gasteiger partial charge in [0.2, 0.25) is 0 Å². The second-order valence-electron chi connectivity index (χ2n) is 8.08. The van der Waals surface area contributed by atoms with E-state index in [-0.39, 0.29) is 29.2 Å². The second-order valence-corrected chi connectivity index (χ2v) is 9.09. The highest BCUT2D eigenvalue weighted by Gasteiger charge is 2.34. The van der Waals surface area contributed by atoms with Gasteiger partial charge in [0.15, 0.2) is 16.3 Å². The SMILES string of the molecule is CCOC(=O)C1=C(C)N=c2s/c(=C/c3ccc(OC)cc3)c(=O)n2[C@H]1c1ccc(OC(C)=O)c(OC)c1. The Kier molecular flexibility index (Phi) is 7.58. The van der Waals surface area contributed by atoms with Crippen molar-refractivity contribution in [3.63, 3.8) is 0 Å². The average Bonchev–Trinajstić information content (AvgIpc) is 3.17. The predicted molar refractivity (Wildman–Crippen MR) is 138 cm³/mol. The smallest absolute Gasteiger partial charge is 0.338 e. The number of hydrogen-bond donors (Lipinski definition) is 0. The van der Waals surface area contributed by atoms with Crippen molar-refractivity contribution in [1.82, 2.24) is 4.57 Å². The van der Waals surface area contributed by atoms with E-state index in [9.17, 15) is 14.4 Å². The average molecular weight is 523 g/mol. The summed E-state index contributed by atoms with van der Waals surface area (Å²) in [5, 5.41) is 0. The van der Waals surface area contributed by atoms with Crippen LogP contribution in [0.15, 0.2) is 63.5 Å². The highest BCUT2D eigenvalue weighted by molar-refractivity contribution is 7.07. The lowest BCUT2D eigenvalue weighted by Crippen LogP contribution is -2.40. The van der Waals surface area contributed by atoms with Crippen molar-refractivity contribution in [2.24, 2.45) is 4.99 Å². The molecule has 2 heterocycles. The number of benzene rings is 2. The highest BCUT2D eigenvalue weighted by Crippen LogP contribution is 2.36. The van der Waals surface area contributed by atoms with Crippen LogP contribution >= 0.6 is 11.3 Å². The lowest BCUT2D eigenvalue weighted by molar-refractivity contribution is -0.139. The lowest BCUT2D eigenvalue weighted by atomic mass is 9.95. The Labute approximate surface area is 216 Å². The van der Waals surface area contributed by atoms with Crippen LogP contribution < -0.4 is 29.1 Å². The number of carbonyl (C=O) groups excluding carboxylic acids is 2. The van der Waals surface area contributed by atoms with Crippen LogP contribution in [-0.2, 0) is 14.3 Å². The molecule has 1 atom stereocenters. The molecule has 0 spiro atoms. The highest BCUT2D eigenvalue weighted by atomic mass is 32.1. The van der Waals surface area contributed by atoms with Gasteiger partial charge < -0.3 is 18.9 Å². The van der Waals surface area contributed by atoms with Crippen LogP contribution in [0.5, 0.6) is 17.2 Å². The third-order valence-corrected chi connectivity index (χ3v) is 6.67. The Morgan fingerprint density at radius 3 is 2.43 bits per heavy atom. The largest absolute Gasteiger partial charge is 0.497 e. The summed E-state index contributed by atoms with van der Waals surface area (Å²) in [5.41, 5.74) is 1.77. The van der Waals surface area contributed by atoms with Crippen molar-refractivity contribution in [1.29, 1.82) is 0 Å². The normalized spacial score (nSPS) is 15.1. The summed E-state index contributed by atoms with van der Waals surface area (Å²) in [6.07, 6.45) is 1.77. The van der Waals surface area contributed by atoms with Crippen LogP contribution in [0.2, 0.25) is 0 Å². The summed E-state index contributed by atoms with van der Waals surface area (Å²) in [4.78, 5) is 43.3. The van der Waals surface area contributed by atoms with Gasteiger partial charge in [-0.25, -0.2) is 9.79 Å². The molecule has 1 aromatic heterocycles. The summed E-state index contributed by atoms with van der Waals surface area (Å²) in [6.45, 7) is 4.88. The topological polar surface area (TPSA) is 105 Å². The van der Waals surface area contributed by atoms with Crippen LogP contribution in [0.25, 0.3) is 6.08 Å². The lowest BCUT2D eigenvalue weighted by Gasteiger charge is -2.25. The standard InChI is InChI=1S/C27H26N2O7S/c1-6-35-26(32)23-15(2)28-27-29(24(23)18-9-12-20(36-16(3)30)21(14-18)34-5)25(31)22(37-27)13-17-7-10-19(33-4)11-8-17/h7-14,24H,6H2,1-5H3/b22-13+/t24-/m0/s1. The number of rotatable bonds is 7. The van der Waals surface area contributed by atoms with E-state index >= 15 is 0 Å². The Bertz CT molecular complexity index is 1570. The fourth-order valence-corrected chi connectivity index (χ4v) is 5.10. The molecule has 3 aromatic rings. The maximum Gasteiger partial charge on any atom is 0.338 e. The van der Waals surface area contributed by atoms with Crippen LogP contribution in [0.3, 0.4) is 0 Å². The van der Waals surface area contributed by atoms with Crippen molar-refractivity contribution in [3.05, 3.63) is 84.5 Å². The van der Waals surface area contributed by atoms with Gasteiger partial charge in [-0.1, -0.05) is 29.5 Å². The molecule has 4 rings (SSSR count). The minimum Gasteiger partial charge on any atom is -0.497 e. The van der Waals surface area contributed by atoms with Crippen LogP contribution in [0.4, 0.5) is 0 Å². The molecule has 0 fully saturated rings. The van der Waals surface area contributed by atoms with E-state index < -0.39 is 18.0 Å². The molecule has 2 aromatic carbocycles. The Morgan fingerprint density at radius 1 is 1.08 bits per heavy atom. The predicted octanol–water partition coefficient (Wildman–Crippen LogP) is 2.74. The van der Waals surface area contributed by atoms with Gasteiger partial charge in [-0.05, 0) is 55.3 Å². The van der Waals surface area contributed by atoms with E-state index in [1.807, 2.05) is 24.3 Å². The molecule has 0 radical (unpaired) electrons. The van der Waals surface area contributed by atoms with Gasteiger partial charge in [0.1, 0.15) is 5.75 Å². The number of esters is 2. The third-order valence-electron chi connectivity index (χ3n) is 5.69. The molecule has 192 valence electrons. The number of fused-ring (bicyclic) bond motifs is 1. The second kappa shape index (κ2) is 10.8. The molecule has 0 unspecified atom stereocenters. The molecule has 1 aliphatic rings. The molecule has 0 saturated carbocycles. The number of nitrogens with zero attached hydrogens (tertiary/aromatic N) is 2. The summed E-state index contributed by atoms with van der Waals surface area (Å²) in [6, 6.07) is 11.4. The van der Waals surface area contributed by atoms with E-state index in [0.29, 0.717) is 26.3 Å². The number of allylic oxidation sites excluding steroid dienone is 1. The van der Waals surface area contributed by atoms with Gasteiger partial charge in [-0.3, -0.25) is 14.2 Å². The molecule has 0 aliphatic carbocycles. The number of thiazole rings is 1. The molecular formula is C27H26N2O7S. The van der Waals surface area contributed by atoms with Gasteiger partial charge in [-0.2, -0.15) is 0 Å². The van der Waals surface area contributed by atoms with Crippen molar-refractivity contribution >= 4 is 29.4 Å². The van der Waals surface area contributed by atoms with Gasteiger partial charge in [0.25, 0.3) is 5.56 Å². The van der Waals surface area contributed by atoms with E-state index in [0.717, 1.165) is 5.56 Å². The first kappa shape index (κ1) is 25.9. The van der Waals surface area contributed by atoms with E-state index in [2.05, 4.69) is 4.99 Å². The quantitative estimate of drug-likeness (QED) is 0.347. The number of carbonyl (C=O) groups is 2. The summed E-state index contributed by atoms with van der Waals surface area (Å²) >= 11 is 1.23. The van der Waals surface area contributed by atoms with Crippen LogP contribution in [0, 0.1) is 0 Å². The molecule has 9 nitrogen and oxygen atoms in total. The molecule has 0 bridgehead atoms. The zero-order valence-corrected chi connectivity index (χ0v) is 21.9. The molecule has 1 aliphatic heterocycles. The first-order valence-corrected chi connectivity index (χ1v) is 12.3. The van der Waals surface area contributed by atoms with Gasteiger partial charge in [0.05, 0.1) is 42.7 Å². The Hall–Kier alpha value is -4.18. The molecule has 10 heteroatoms. The molecule has 0 amide bonds. The Balaban J connectivity index is 1.92. The minimum atomic E-state index is -0.825. The van der Waals surface area contributed by atoms with Crippen LogP contribution in [-0.4, -0.2) is 37.3 Å². The third kappa shape index (κ3) is 5.19. The maximum atomic E-state index is 13.7. The van der Waals surface area contributed by atoms with Gasteiger partial charge >= 0.3 is 11.9 Å². The maximum absolute atomic E-state index is 13.7. The van der Waals surface area contributed by atoms with Crippen molar-refractivity contribution in [2.75, 3.05) is 20.8 Å². The first-order chi connectivity index (χ1) is 17.8. The van der Waals surface area contributed by atoms with Crippen molar-refractivity contribution in [3.8, 4) is 17.2 Å². The number of hydrogen-bond acceptors (Lipinski definition) is 9. The summed E-state index contributed by atoms with van der Waals surface area (Å²) in [7, 11) is 3.03. The fourth-order valence-electron chi connectivity index (χ4n) is 4.05.